The maximum Gasteiger partial charge on any atom is 0.328 e. The van der Waals surface area contributed by atoms with Gasteiger partial charge in [0.25, 0.3) is 0 Å². The second kappa shape index (κ2) is 6.04. The minimum Gasteiger partial charge on any atom is -0.467 e. The lowest BCUT2D eigenvalue weighted by Gasteiger charge is -2.19. The first-order valence-electron chi connectivity index (χ1n) is 6.60. The summed E-state index contributed by atoms with van der Waals surface area (Å²) in [5, 5.41) is 10.1. The number of ether oxygens (including phenoxy) is 1. The molecule has 2 rings (SSSR count). The van der Waals surface area contributed by atoms with E-state index < -0.39 is 12.0 Å². The monoisotopic (exact) mass is 280 g/mol. The molecule has 1 amide bonds. The summed E-state index contributed by atoms with van der Waals surface area (Å²) >= 11 is 0. The van der Waals surface area contributed by atoms with Crippen LogP contribution in [0.1, 0.15) is 18.4 Å². The summed E-state index contributed by atoms with van der Waals surface area (Å²) in [5.74, 6) is -0.705. The third kappa shape index (κ3) is 2.98. The Morgan fingerprint density at radius 2 is 2.30 bits per heavy atom. The fourth-order valence-electron chi connectivity index (χ4n) is 2.49. The summed E-state index contributed by atoms with van der Waals surface area (Å²) in [7, 11) is 3.15. The molecule has 1 aromatic heterocycles. The van der Waals surface area contributed by atoms with Crippen LogP contribution in [0.2, 0.25) is 0 Å². The molecule has 3 atom stereocenters. The van der Waals surface area contributed by atoms with Gasteiger partial charge in [0, 0.05) is 32.3 Å². The van der Waals surface area contributed by atoms with Crippen molar-refractivity contribution in [1.82, 2.24) is 20.4 Å². The minimum atomic E-state index is -0.636. The molecule has 1 fully saturated rings. The molecule has 1 aliphatic rings. The van der Waals surface area contributed by atoms with Crippen LogP contribution >= 0.6 is 0 Å². The van der Waals surface area contributed by atoms with Crippen molar-refractivity contribution < 1.29 is 14.3 Å². The molecule has 110 valence electrons. The zero-order chi connectivity index (χ0) is 14.7. The van der Waals surface area contributed by atoms with Crippen LogP contribution in [-0.2, 0) is 21.4 Å². The van der Waals surface area contributed by atoms with Crippen molar-refractivity contribution in [1.29, 1.82) is 0 Å². The first-order valence-corrected chi connectivity index (χ1v) is 6.60. The number of aromatic nitrogens is 2. The molecule has 2 heterocycles. The maximum absolute atomic E-state index is 12.3. The second-order valence-electron chi connectivity index (χ2n) is 5.07. The lowest BCUT2D eigenvalue weighted by molar-refractivity contribution is -0.145. The predicted octanol–water partition coefficient (Wildman–Crippen LogP) is -0.599. The van der Waals surface area contributed by atoms with E-state index in [1.165, 1.54) is 7.11 Å². The molecule has 2 N–H and O–H groups in total. The first kappa shape index (κ1) is 14.5. The van der Waals surface area contributed by atoms with Crippen molar-refractivity contribution in [2.45, 2.75) is 18.9 Å². The number of esters is 1. The van der Waals surface area contributed by atoms with Crippen LogP contribution < -0.4 is 10.6 Å². The Hall–Kier alpha value is -1.89. The highest BCUT2D eigenvalue weighted by atomic mass is 16.5. The van der Waals surface area contributed by atoms with Gasteiger partial charge in [-0.15, -0.1) is 0 Å². The molecule has 1 aromatic rings. The van der Waals surface area contributed by atoms with Gasteiger partial charge in [0.05, 0.1) is 19.2 Å². The van der Waals surface area contributed by atoms with Crippen molar-refractivity contribution >= 4 is 11.9 Å². The Balaban J connectivity index is 2.03. The zero-order valence-corrected chi connectivity index (χ0v) is 11.9. The lowest BCUT2D eigenvalue weighted by Crippen LogP contribution is -2.43. The van der Waals surface area contributed by atoms with Crippen LogP contribution in [0.3, 0.4) is 0 Å². The van der Waals surface area contributed by atoms with Gasteiger partial charge >= 0.3 is 5.97 Å². The molecule has 0 saturated carbocycles. The largest absolute Gasteiger partial charge is 0.467 e. The van der Waals surface area contributed by atoms with Crippen molar-refractivity contribution in [2.24, 2.45) is 13.0 Å². The quantitative estimate of drug-likeness (QED) is 0.719. The molecule has 0 bridgehead atoms. The van der Waals surface area contributed by atoms with E-state index in [-0.39, 0.29) is 17.7 Å². The third-order valence-corrected chi connectivity index (χ3v) is 3.62. The van der Waals surface area contributed by atoms with Crippen LogP contribution in [-0.4, -0.2) is 47.9 Å². The summed E-state index contributed by atoms with van der Waals surface area (Å²) in [6, 6.07) is -0.636. The van der Waals surface area contributed by atoms with Gasteiger partial charge in [-0.05, 0) is 12.5 Å². The van der Waals surface area contributed by atoms with E-state index in [0.717, 1.165) is 12.1 Å². The maximum atomic E-state index is 12.3. The molecule has 0 spiro atoms. The fourth-order valence-corrected chi connectivity index (χ4v) is 2.49. The molecular weight excluding hydrogens is 260 g/mol. The van der Waals surface area contributed by atoms with Crippen LogP contribution in [0, 0.1) is 5.92 Å². The van der Waals surface area contributed by atoms with E-state index in [0.29, 0.717) is 6.54 Å². The second-order valence-corrected chi connectivity index (χ2v) is 5.07. The number of amides is 1. The van der Waals surface area contributed by atoms with Crippen LogP contribution in [0.5, 0.6) is 0 Å². The number of nitrogens with one attached hydrogen (secondary N) is 2. The van der Waals surface area contributed by atoms with Gasteiger partial charge in [0.1, 0.15) is 6.04 Å². The van der Waals surface area contributed by atoms with E-state index in [1.54, 1.807) is 17.8 Å². The average Bonchev–Trinajstić information content (AvgIpc) is 3.05. The normalized spacial score (nSPS) is 23.4. The molecule has 1 saturated heterocycles. The van der Waals surface area contributed by atoms with Gasteiger partial charge in [0.2, 0.25) is 5.91 Å². The third-order valence-electron chi connectivity index (χ3n) is 3.62. The number of hydrogen-bond acceptors (Lipinski definition) is 5. The summed E-state index contributed by atoms with van der Waals surface area (Å²) in [6.45, 7) is 2.95. The Labute approximate surface area is 117 Å². The van der Waals surface area contributed by atoms with Gasteiger partial charge in [0.15, 0.2) is 0 Å². The van der Waals surface area contributed by atoms with Gasteiger partial charge in [-0.25, -0.2) is 4.79 Å². The number of aryl methyl sites for hydroxylation is 1. The number of methoxy groups -OCH3 is 1. The highest BCUT2D eigenvalue weighted by molar-refractivity contribution is 5.86. The average molecular weight is 280 g/mol. The van der Waals surface area contributed by atoms with Gasteiger partial charge in [-0.1, -0.05) is 0 Å². The van der Waals surface area contributed by atoms with Crippen molar-refractivity contribution in [2.75, 3.05) is 20.2 Å². The summed E-state index contributed by atoms with van der Waals surface area (Å²) in [6.07, 6.45) is 3.70. The number of rotatable bonds is 4. The standard InChI is InChI=1S/C13H20N4O3/c1-8(13(19)20-3)16-12(18)11-6-14-5-10(11)9-4-15-17(2)7-9/h4,7-8,10-11,14H,5-6H2,1-3H3,(H,16,18)/t8-,10+,11-/m0/s1. The Morgan fingerprint density at radius 1 is 1.55 bits per heavy atom. The topological polar surface area (TPSA) is 85.2 Å². The van der Waals surface area contributed by atoms with Gasteiger partial charge in [-0.2, -0.15) is 5.10 Å². The molecule has 0 aromatic carbocycles. The molecule has 1 aliphatic heterocycles. The molecule has 0 radical (unpaired) electrons. The Bertz CT molecular complexity index is 500. The van der Waals surface area contributed by atoms with Gasteiger partial charge < -0.3 is 15.4 Å². The Kier molecular flexibility index (Phi) is 4.39. The molecule has 7 nitrogen and oxygen atoms in total. The number of nitrogens with zero attached hydrogens (tertiary/aromatic N) is 2. The van der Waals surface area contributed by atoms with Crippen molar-refractivity contribution in [3.63, 3.8) is 0 Å². The molecular formula is C13H20N4O3. The van der Waals surface area contributed by atoms with E-state index in [2.05, 4.69) is 20.5 Å². The van der Waals surface area contributed by atoms with Crippen molar-refractivity contribution in [3.05, 3.63) is 18.0 Å². The van der Waals surface area contributed by atoms with Crippen LogP contribution in [0.15, 0.2) is 12.4 Å². The SMILES string of the molecule is COC(=O)[C@H](C)NC(=O)[C@H]1CNC[C@@H]1c1cnn(C)c1. The summed E-state index contributed by atoms with van der Waals surface area (Å²) < 4.78 is 6.33. The number of carbonyl (C=O) groups is 2. The van der Waals surface area contributed by atoms with Crippen LogP contribution in [0.4, 0.5) is 0 Å². The first-order chi connectivity index (χ1) is 9.52. The van der Waals surface area contributed by atoms with E-state index >= 15 is 0 Å². The smallest absolute Gasteiger partial charge is 0.328 e. The minimum absolute atomic E-state index is 0.0774. The highest BCUT2D eigenvalue weighted by Crippen LogP contribution is 2.27. The lowest BCUT2D eigenvalue weighted by atomic mass is 9.90. The summed E-state index contributed by atoms with van der Waals surface area (Å²) in [5.41, 5.74) is 1.03. The summed E-state index contributed by atoms with van der Waals surface area (Å²) in [4.78, 5) is 23.6. The number of hydrogen-bond donors (Lipinski definition) is 2. The molecule has 20 heavy (non-hydrogen) atoms. The number of carbonyl (C=O) groups excluding carboxylic acids is 2. The van der Waals surface area contributed by atoms with E-state index in [4.69, 9.17) is 0 Å². The van der Waals surface area contributed by atoms with E-state index in [9.17, 15) is 9.59 Å². The van der Waals surface area contributed by atoms with E-state index in [1.807, 2.05) is 13.2 Å². The van der Waals surface area contributed by atoms with Crippen molar-refractivity contribution in [3.8, 4) is 0 Å². The zero-order valence-electron chi connectivity index (χ0n) is 11.9. The van der Waals surface area contributed by atoms with Gasteiger partial charge in [-0.3, -0.25) is 9.48 Å². The molecule has 0 aliphatic carbocycles. The fraction of sp³-hybridized carbons (Fsp3) is 0.615. The highest BCUT2D eigenvalue weighted by Gasteiger charge is 2.35. The predicted molar refractivity (Wildman–Crippen MR) is 71.9 cm³/mol. The molecule has 7 heteroatoms. The van der Waals surface area contributed by atoms with Crippen LogP contribution in [0.25, 0.3) is 0 Å². The Morgan fingerprint density at radius 3 is 2.90 bits per heavy atom. The molecule has 0 unspecified atom stereocenters.